The number of benzene rings is 4. The van der Waals surface area contributed by atoms with Crippen LogP contribution in [0, 0.1) is 40.9 Å². The molecular formula is C34H18F10N2O. The number of halogens is 10. The fourth-order valence-corrected chi connectivity index (χ4v) is 4.62. The van der Waals surface area contributed by atoms with Crippen molar-refractivity contribution in [2.24, 2.45) is 0 Å². The molecule has 13 heteroatoms. The van der Waals surface area contributed by atoms with Crippen LogP contribution >= 0.6 is 0 Å². The van der Waals surface area contributed by atoms with Gasteiger partial charge in [-0.2, -0.15) is 22.0 Å². The molecule has 0 atom stereocenters. The fraction of sp³-hybridized carbons (Fsp3) is 0.118. The molecule has 1 aromatic heterocycles. The van der Waals surface area contributed by atoms with E-state index in [4.69, 9.17) is 0 Å². The molecule has 0 radical (unpaired) electrons. The molecule has 0 aliphatic heterocycles. The van der Waals surface area contributed by atoms with Crippen molar-refractivity contribution in [3.8, 4) is 40.1 Å². The van der Waals surface area contributed by atoms with Crippen LogP contribution in [0.3, 0.4) is 0 Å². The number of aromatic nitrogens is 2. The van der Waals surface area contributed by atoms with Crippen LogP contribution in [0.4, 0.5) is 43.9 Å². The smallest absolute Gasteiger partial charge is 0.429 e. The lowest BCUT2D eigenvalue weighted by Gasteiger charge is -2.20. The van der Waals surface area contributed by atoms with Gasteiger partial charge in [0.1, 0.15) is 40.4 Å². The van der Waals surface area contributed by atoms with E-state index in [-0.39, 0.29) is 17.0 Å². The summed E-state index contributed by atoms with van der Waals surface area (Å²) in [5, 5.41) is -0.912. The number of hydrogen-bond donors (Lipinski definition) is 0. The number of allylic oxidation sites excluding steroid dienone is 1. The molecule has 0 bridgehead atoms. The Morgan fingerprint density at radius 3 is 2.04 bits per heavy atom. The Morgan fingerprint density at radius 2 is 1.43 bits per heavy atom. The van der Waals surface area contributed by atoms with Crippen LogP contribution in [0.2, 0.25) is 0 Å². The van der Waals surface area contributed by atoms with E-state index in [1.807, 2.05) is 0 Å². The lowest BCUT2D eigenvalue weighted by atomic mass is 10.00. The van der Waals surface area contributed by atoms with Gasteiger partial charge in [-0.15, -0.1) is 6.58 Å². The average Bonchev–Trinajstić information content (AvgIpc) is 2.98. The lowest BCUT2D eigenvalue weighted by molar-refractivity contribution is -0.189. The van der Waals surface area contributed by atoms with Gasteiger partial charge in [0, 0.05) is 34.8 Å². The van der Waals surface area contributed by atoms with Gasteiger partial charge >= 0.3 is 12.3 Å². The van der Waals surface area contributed by atoms with E-state index in [2.05, 4.69) is 21.3 Å². The maximum absolute atomic E-state index is 15.1. The molecule has 4 aromatic carbocycles. The number of aryl methyl sites for hydroxylation is 1. The minimum Gasteiger partial charge on any atom is -0.429 e. The third-order valence-corrected chi connectivity index (χ3v) is 6.79. The normalized spacial score (nSPS) is 11.7. The lowest BCUT2D eigenvalue weighted by Crippen LogP contribution is -2.25. The van der Waals surface area contributed by atoms with Crippen LogP contribution in [-0.2, 0) is 12.5 Å². The zero-order valence-electron chi connectivity index (χ0n) is 23.6. The monoisotopic (exact) mass is 660 g/mol. The molecule has 0 saturated heterocycles. The van der Waals surface area contributed by atoms with Crippen molar-refractivity contribution in [3.05, 3.63) is 125 Å². The summed E-state index contributed by atoms with van der Waals surface area (Å²) in [7, 11) is 0. The second kappa shape index (κ2) is 12.8. The van der Waals surface area contributed by atoms with Crippen molar-refractivity contribution >= 4 is 10.8 Å². The maximum atomic E-state index is 15.1. The summed E-state index contributed by atoms with van der Waals surface area (Å²) in [6.45, 7) is 3.63. The first-order chi connectivity index (χ1) is 22.2. The van der Waals surface area contributed by atoms with Crippen LogP contribution in [0.25, 0.3) is 33.3 Å². The maximum Gasteiger partial charge on any atom is 0.458 e. The first kappa shape index (κ1) is 33.0. The van der Waals surface area contributed by atoms with Crippen molar-refractivity contribution in [2.45, 2.75) is 25.1 Å². The molecule has 0 saturated carbocycles. The highest BCUT2D eigenvalue weighted by atomic mass is 19.4. The zero-order valence-corrected chi connectivity index (χ0v) is 23.6. The molecule has 47 heavy (non-hydrogen) atoms. The van der Waals surface area contributed by atoms with Gasteiger partial charge in [0.25, 0.3) is 0 Å². The topological polar surface area (TPSA) is 35.0 Å². The van der Waals surface area contributed by atoms with Crippen molar-refractivity contribution < 1.29 is 48.6 Å². The molecule has 1 heterocycles. The van der Waals surface area contributed by atoms with Gasteiger partial charge in [-0.3, -0.25) is 0 Å². The highest BCUT2D eigenvalue weighted by Gasteiger charge is 2.41. The minimum atomic E-state index is -5.04. The number of ether oxygens (including phenoxy) is 1. The van der Waals surface area contributed by atoms with E-state index in [0.29, 0.717) is 37.1 Å². The Balaban J connectivity index is 1.40. The summed E-state index contributed by atoms with van der Waals surface area (Å²) in [5.74, 6) is -6.08. The van der Waals surface area contributed by atoms with Crippen molar-refractivity contribution in [3.63, 3.8) is 0 Å². The molecular weight excluding hydrogens is 642 g/mol. The van der Waals surface area contributed by atoms with Gasteiger partial charge in [-0.1, -0.05) is 24.1 Å². The fourth-order valence-electron chi connectivity index (χ4n) is 4.62. The standard InChI is InChI=1S/C34H18F10N2O/c1-2-3-4-18-16-45-32(46-17-18)19-5-7-23(26(35)12-19)21-14-28(37)30(29(38)15-21)34(43,44)47-22-6-8-24-20(11-22)13-27(36)25(31(24)39)9-10-33(40,41)42/h2,5-8,11-17H,1,3-4H2. The van der Waals surface area contributed by atoms with Gasteiger partial charge in [-0.05, 0) is 71.8 Å². The average molecular weight is 661 g/mol. The molecule has 0 fully saturated rings. The third kappa shape index (κ3) is 7.22. The highest BCUT2D eigenvalue weighted by Crippen LogP contribution is 2.39. The number of rotatable bonds is 8. The molecule has 240 valence electrons. The molecule has 0 amide bonds. The number of hydrogen-bond acceptors (Lipinski definition) is 3. The van der Waals surface area contributed by atoms with E-state index >= 15 is 22.0 Å². The van der Waals surface area contributed by atoms with Gasteiger partial charge in [0.2, 0.25) is 0 Å². The summed E-state index contributed by atoms with van der Waals surface area (Å²) >= 11 is 0. The summed E-state index contributed by atoms with van der Waals surface area (Å²) in [5.41, 5.74) is -2.69. The van der Waals surface area contributed by atoms with Crippen LogP contribution in [0.1, 0.15) is 23.1 Å². The van der Waals surface area contributed by atoms with Gasteiger partial charge in [0.05, 0.1) is 5.56 Å². The minimum absolute atomic E-state index is 0.178. The Labute approximate surface area is 260 Å². The van der Waals surface area contributed by atoms with Crippen molar-refractivity contribution in [1.29, 1.82) is 0 Å². The largest absolute Gasteiger partial charge is 0.458 e. The SMILES string of the molecule is C=CCCc1cnc(-c2ccc(-c3cc(F)c(C(F)(F)Oc4ccc5c(F)c(C#CC(F)(F)F)c(F)cc5c4)c(F)c3)c(F)c2)nc1. The molecule has 5 rings (SSSR count). The van der Waals surface area contributed by atoms with Crippen LogP contribution < -0.4 is 4.74 Å². The zero-order chi connectivity index (χ0) is 34.1. The Kier molecular flexibility index (Phi) is 8.98. The van der Waals surface area contributed by atoms with Crippen molar-refractivity contribution in [2.75, 3.05) is 0 Å². The van der Waals surface area contributed by atoms with Crippen LogP contribution in [0.15, 0.2) is 79.6 Å². The van der Waals surface area contributed by atoms with Crippen LogP contribution in [-0.4, -0.2) is 16.1 Å². The van der Waals surface area contributed by atoms with E-state index in [1.54, 1.807) is 18.5 Å². The Bertz CT molecular complexity index is 2040. The second-order valence-electron chi connectivity index (χ2n) is 10.0. The van der Waals surface area contributed by atoms with Crippen molar-refractivity contribution in [1.82, 2.24) is 9.97 Å². The number of fused-ring (bicyclic) bond motifs is 1. The van der Waals surface area contributed by atoms with Crippen LogP contribution in [0.5, 0.6) is 5.75 Å². The predicted molar refractivity (Wildman–Crippen MR) is 153 cm³/mol. The van der Waals surface area contributed by atoms with E-state index in [9.17, 15) is 22.0 Å². The molecule has 0 unspecified atom stereocenters. The van der Waals surface area contributed by atoms with Gasteiger partial charge in [-0.25, -0.2) is 31.9 Å². The van der Waals surface area contributed by atoms with E-state index < -0.39 is 74.6 Å². The molecule has 3 nitrogen and oxygen atoms in total. The molecule has 0 N–H and O–H groups in total. The quantitative estimate of drug-likeness (QED) is 0.0945. The summed E-state index contributed by atoms with van der Waals surface area (Å²) < 4.78 is 146. The second-order valence-corrected chi connectivity index (χ2v) is 10.0. The molecule has 0 aliphatic carbocycles. The highest BCUT2D eigenvalue weighted by molar-refractivity contribution is 5.86. The predicted octanol–water partition coefficient (Wildman–Crippen LogP) is 9.82. The third-order valence-electron chi connectivity index (χ3n) is 6.79. The van der Waals surface area contributed by atoms with Gasteiger partial charge < -0.3 is 4.74 Å². The molecule has 5 aromatic rings. The van der Waals surface area contributed by atoms with Gasteiger partial charge in [0.15, 0.2) is 5.82 Å². The number of alkyl halides is 5. The first-order valence-electron chi connectivity index (χ1n) is 13.5. The summed E-state index contributed by atoms with van der Waals surface area (Å²) in [4.78, 5) is 8.36. The molecule has 0 spiro atoms. The number of nitrogens with zero attached hydrogens (tertiary/aromatic N) is 2. The summed E-state index contributed by atoms with van der Waals surface area (Å²) in [6.07, 6.45) is -3.51. The summed E-state index contributed by atoms with van der Waals surface area (Å²) in [6, 6.07) is 7.29. The van der Waals surface area contributed by atoms with E-state index in [1.165, 1.54) is 18.1 Å². The van der Waals surface area contributed by atoms with E-state index in [0.717, 1.165) is 29.7 Å². The Morgan fingerprint density at radius 1 is 0.766 bits per heavy atom. The first-order valence-corrected chi connectivity index (χ1v) is 13.5. The Hall–Kier alpha value is -5.38. The molecule has 0 aliphatic rings.